The lowest BCUT2D eigenvalue weighted by atomic mass is 10.1. The highest BCUT2D eigenvalue weighted by molar-refractivity contribution is 7.89. The van der Waals surface area contributed by atoms with Crippen molar-refractivity contribution in [2.75, 3.05) is 0 Å². The number of sulfonamides is 1. The molecule has 0 spiro atoms. The van der Waals surface area contributed by atoms with Crippen LogP contribution in [0.25, 0.3) is 0 Å². The number of rotatable bonds is 8. The van der Waals surface area contributed by atoms with Crippen LogP contribution in [-0.4, -0.2) is 20.3 Å². The predicted octanol–water partition coefficient (Wildman–Crippen LogP) is 2.14. The highest BCUT2D eigenvalue weighted by Crippen LogP contribution is 2.20. The molecule has 0 aliphatic carbocycles. The SMILES string of the molecule is NC(=O)C(OC(=O)c1ccc(S(=O)(=O)NCc2ccco2)cc1)c1ccccc1. The van der Waals surface area contributed by atoms with Gasteiger partial charge in [0.2, 0.25) is 16.1 Å². The van der Waals surface area contributed by atoms with E-state index in [-0.39, 0.29) is 17.0 Å². The fraction of sp³-hybridized carbons (Fsp3) is 0.100. The van der Waals surface area contributed by atoms with E-state index in [1.54, 1.807) is 42.5 Å². The number of nitrogens with one attached hydrogen (secondary N) is 1. The second-order valence-corrected chi connectivity index (χ2v) is 7.79. The summed E-state index contributed by atoms with van der Waals surface area (Å²) in [5.41, 5.74) is 5.86. The molecule has 0 bridgehead atoms. The third kappa shape index (κ3) is 5.09. The summed E-state index contributed by atoms with van der Waals surface area (Å²) in [4.78, 5) is 24.0. The molecule has 0 radical (unpaired) electrons. The summed E-state index contributed by atoms with van der Waals surface area (Å²) in [5.74, 6) is -1.15. The molecule has 3 rings (SSSR count). The summed E-state index contributed by atoms with van der Waals surface area (Å²) in [6.07, 6.45) is 0.195. The van der Waals surface area contributed by atoms with Crippen molar-refractivity contribution in [3.05, 3.63) is 89.9 Å². The van der Waals surface area contributed by atoms with Gasteiger partial charge in [-0.05, 0) is 36.4 Å². The van der Waals surface area contributed by atoms with Crippen molar-refractivity contribution in [3.8, 4) is 0 Å². The van der Waals surface area contributed by atoms with Crippen molar-refractivity contribution in [1.29, 1.82) is 0 Å². The number of carbonyl (C=O) groups excluding carboxylic acids is 2. The van der Waals surface area contributed by atoms with Crippen LogP contribution in [0.15, 0.2) is 82.3 Å². The molecule has 2 aromatic carbocycles. The summed E-state index contributed by atoms with van der Waals surface area (Å²) in [6, 6.07) is 16.8. The van der Waals surface area contributed by atoms with E-state index in [4.69, 9.17) is 14.9 Å². The first kappa shape index (κ1) is 20.3. The maximum absolute atomic E-state index is 12.4. The lowest BCUT2D eigenvalue weighted by Gasteiger charge is -2.15. The van der Waals surface area contributed by atoms with Gasteiger partial charge in [0.05, 0.1) is 23.3 Å². The van der Waals surface area contributed by atoms with Gasteiger partial charge in [-0.1, -0.05) is 30.3 Å². The van der Waals surface area contributed by atoms with Crippen LogP contribution < -0.4 is 10.5 Å². The smallest absolute Gasteiger partial charge is 0.339 e. The van der Waals surface area contributed by atoms with Crippen molar-refractivity contribution in [3.63, 3.8) is 0 Å². The van der Waals surface area contributed by atoms with Crippen molar-refractivity contribution < 1.29 is 27.2 Å². The quantitative estimate of drug-likeness (QED) is 0.544. The molecule has 9 heteroatoms. The average molecular weight is 414 g/mol. The van der Waals surface area contributed by atoms with Gasteiger partial charge >= 0.3 is 5.97 Å². The van der Waals surface area contributed by atoms with Crippen LogP contribution in [0.4, 0.5) is 0 Å². The molecule has 1 aromatic heterocycles. The van der Waals surface area contributed by atoms with Crippen LogP contribution in [0.5, 0.6) is 0 Å². The minimum atomic E-state index is -3.79. The van der Waals surface area contributed by atoms with Crippen LogP contribution in [0, 0.1) is 0 Å². The fourth-order valence-corrected chi connectivity index (χ4v) is 3.52. The zero-order valence-corrected chi connectivity index (χ0v) is 16.0. The standard InChI is InChI=1S/C20H18N2O6S/c21-19(23)18(14-5-2-1-3-6-14)28-20(24)15-8-10-17(11-9-15)29(25,26)22-13-16-7-4-12-27-16/h1-12,18,22H,13H2,(H2,21,23). The second kappa shape index (κ2) is 8.72. The van der Waals surface area contributed by atoms with Crippen molar-refractivity contribution >= 4 is 21.9 Å². The molecule has 1 unspecified atom stereocenters. The van der Waals surface area contributed by atoms with Crippen molar-refractivity contribution in [1.82, 2.24) is 4.72 Å². The summed E-state index contributed by atoms with van der Waals surface area (Å²) in [7, 11) is -3.79. The molecular formula is C20H18N2O6S. The Labute approximate surface area is 167 Å². The van der Waals surface area contributed by atoms with Gasteiger partial charge in [0, 0.05) is 5.56 Å². The third-order valence-electron chi connectivity index (χ3n) is 4.00. The molecular weight excluding hydrogens is 396 g/mol. The number of hydrogen-bond donors (Lipinski definition) is 2. The van der Waals surface area contributed by atoms with Gasteiger partial charge in [0.15, 0.2) is 0 Å². The molecule has 0 aliphatic rings. The molecule has 8 nitrogen and oxygen atoms in total. The first-order valence-corrected chi connectivity index (χ1v) is 10.0. The number of nitrogens with two attached hydrogens (primary N) is 1. The Bertz CT molecular complexity index is 1080. The highest BCUT2D eigenvalue weighted by atomic mass is 32.2. The highest BCUT2D eigenvalue weighted by Gasteiger charge is 2.23. The normalized spacial score (nSPS) is 12.3. The Morgan fingerprint density at radius 2 is 1.69 bits per heavy atom. The Balaban J connectivity index is 1.70. The molecule has 0 saturated heterocycles. The zero-order chi connectivity index (χ0) is 20.9. The minimum Gasteiger partial charge on any atom is -0.468 e. The number of hydrogen-bond acceptors (Lipinski definition) is 6. The van der Waals surface area contributed by atoms with E-state index in [1.807, 2.05) is 0 Å². The Kier molecular flexibility index (Phi) is 6.10. The number of furan rings is 1. The first-order valence-electron chi connectivity index (χ1n) is 8.54. The van der Waals surface area contributed by atoms with Gasteiger partial charge < -0.3 is 14.9 Å². The number of amides is 1. The molecule has 3 aromatic rings. The summed E-state index contributed by atoms with van der Waals surface area (Å²) >= 11 is 0. The van der Waals surface area contributed by atoms with E-state index in [1.165, 1.54) is 30.5 Å². The lowest BCUT2D eigenvalue weighted by molar-refractivity contribution is -0.127. The van der Waals surface area contributed by atoms with E-state index in [9.17, 15) is 18.0 Å². The maximum atomic E-state index is 12.4. The van der Waals surface area contributed by atoms with E-state index in [2.05, 4.69) is 4.72 Å². The monoisotopic (exact) mass is 414 g/mol. The summed E-state index contributed by atoms with van der Waals surface area (Å²) in [6.45, 7) is -0.00348. The number of benzene rings is 2. The zero-order valence-electron chi connectivity index (χ0n) is 15.1. The van der Waals surface area contributed by atoms with Crippen molar-refractivity contribution in [2.24, 2.45) is 5.73 Å². The molecule has 1 atom stereocenters. The fourth-order valence-electron chi connectivity index (χ4n) is 2.53. The summed E-state index contributed by atoms with van der Waals surface area (Å²) < 4.78 is 37.4. The molecule has 3 N–H and O–H groups in total. The molecule has 0 fully saturated rings. The summed E-state index contributed by atoms with van der Waals surface area (Å²) in [5, 5.41) is 0. The van der Waals surface area contributed by atoms with Gasteiger partial charge in [0.1, 0.15) is 5.76 Å². The van der Waals surface area contributed by atoms with Crippen LogP contribution in [0.2, 0.25) is 0 Å². The molecule has 0 saturated carbocycles. The van der Waals surface area contributed by atoms with Crippen LogP contribution in [0.3, 0.4) is 0 Å². The number of primary amides is 1. The van der Waals surface area contributed by atoms with Gasteiger partial charge in [-0.2, -0.15) is 0 Å². The first-order chi connectivity index (χ1) is 13.9. The average Bonchev–Trinajstić information content (AvgIpc) is 3.25. The van der Waals surface area contributed by atoms with E-state index in [0.29, 0.717) is 11.3 Å². The van der Waals surface area contributed by atoms with Gasteiger partial charge in [0.25, 0.3) is 5.91 Å². The molecule has 0 aliphatic heterocycles. The van der Waals surface area contributed by atoms with E-state index < -0.39 is 28.0 Å². The Morgan fingerprint density at radius 3 is 2.28 bits per heavy atom. The van der Waals surface area contributed by atoms with Crippen LogP contribution in [-0.2, 0) is 26.1 Å². The predicted molar refractivity (Wildman–Crippen MR) is 103 cm³/mol. The van der Waals surface area contributed by atoms with Crippen molar-refractivity contribution in [2.45, 2.75) is 17.5 Å². The number of esters is 1. The van der Waals surface area contributed by atoms with Gasteiger partial charge in [-0.25, -0.2) is 17.9 Å². The van der Waals surface area contributed by atoms with Crippen LogP contribution in [0.1, 0.15) is 27.8 Å². The third-order valence-corrected chi connectivity index (χ3v) is 5.42. The topological polar surface area (TPSA) is 129 Å². The molecule has 1 heterocycles. The number of carbonyl (C=O) groups is 2. The molecule has 29 heavy (non-hydrogen) atoms. The molecule has 150 valence electrons. The number of ether oxygens (including phenoxy) is 1. The lowest BCUT2D eigenvalue weighted by Crippen LogP contribution is -2.26. The van der Waals surface area contributed by atoms with E-state index >= 15 is 0 Å². The molecule has 1 amide bonds. The Hall–Kier alpha value is -3.43. The maximum Gasteiger partial charge on any atom is 0.339 e. The van der Waals surface area contributed by atoms with E-state index in [0.717, 1.165) is 0 Å². The minimum absolute atomic E-state index is 0.00348. The largest absolute Gasteiger partial charge is 0.468 e. The second-order valence-electron chi connectivity index (χ2n) is 6.03. The Morgan fingerprint density at radius 1 is 1.00 bits per heavy atom. The van der Waals surface area contributed by atoms with Crippen LogP contribution >= 0.6 is 0 Å². The van der Waals surface area contributed by atoms with Gasteiger partial charge in [-0.15, -0.1) is 0 Å². The van der Waals surface area contributed by atoms with Gasteiger partial charge in [-0.3, -0.25) is 4.79 Å².